The van der Waals surface area contributed by atoms with Crippen molar-refractivity contribution in [3.63, 3.8) is 0 Å². The molecule has 3 atom stereocenters. The molecule has 0 aromatic heterocycles. The number of aliphatic hydroxyl groups excluding tert-OH is 1. The highest BCUT2D eigenvalue weighted by Gasteiger charge is 2.44. The number of aliphatic hydroxyl groups is 2. The molecule has 0 bridgehead atoms. The SMILES string of the molecule is CC(C)(O)CCCCC1=CCC2/C(=C/C=C3/CCC[C@H](O)C3)CCC[C@]12C. The van der Waals surface area contributed by atoms with Crippen molar-refractivity contribution in [2.45, 2.75) is 110 Å². The molecule has 3 aliphatic carbocycles. The lowest BCUT2D eigenvalue weighted by molar-refractivity contribution is 0.0681. The molecule has 2 fully saturated rings. The molecule has 1 unspecified atom stereocenters. The first-order valence-corrected chi connectivity index (χ1v) is 11.3. The van der Waals surface area contributed by atoms with E-state index in [0.717, 1.165) is 38.5 Å². The molecule has 152 valence electrons. The highest BCUT2D eigenvalue weighted by atomic mass is 16.3. The van der Waals surface area contributed by atoms with Gasteiger partial charge in [-0.2, -0.15) is 0 Å². The quantitative estimate of drug-likeness (QED) is 0.428. The first kappa shape index (κ1) is 20.9. The normalized spacial score (nSPS) is 34.8. The van der Waals surface area contributed by atoms with Gasteiger partial charge in [-0.05, 0) is 95.8 Å². The molecule has 0 radical (unpaired) electrons. The molecule has 0 amide bonds. The van der Waals surface area contributed by atoms with Crippen molar-refractivity contribution in [2.75, 3.05) is 0 Å². The van der Waals surface area contributed by atoms with Crippen molar-refractivity contribution in [3.05, 3.63) is 34.9 Å². The molecule has 0 spiro atoms. The molecule has 2 heteroatoms. The van der Waals surface area contributed by atoms with Crippen LogP contribution < -0.4 is 0 Å². The predicted octanol–water partition coefficient (Wildman–Crippen LogP) is 6.24. The Morgan fingerprint density at radius 1 is 1.19 bits per heavy atom. The van der Waals surface area contributed by atoms with Crippen LogP contribution in [0.3, 0.4) is 0 Å². The number of rotatable bonds is 6. The number of fused-ring (bicyclic) bond motifs is 1. The minimum Gasteiger partial charge on any atom is -0.393 e. The average molecular weight is 373 g/mol. The Hall–Kier alpha value is -0.860. The van der Waals surface area contributed by atoms with Gasteiger partial charge in [0.15, 0.2) is 0 Å². The summed E-state index contributed by atoms with van der Waals surface area (Å²) in [5.74, 6) is 0.681. The van der Waals surface area contributed by atoms with E-state index in [0.29, 0.717) is 11.3 Å². The average Bonchev–Trinajstić information content (AvgIpc) is 2.93. The fraction of sp³-hybridized carbons (Fsp3) is 0.760. The largest absolute Gasteiger partial charge is 0.393 e. The van der Waals surface area contributed by atoms with Gasteiger partial charge in [-0.25, -0.2) is 0 Å². The van der Waals surface area contributed by atoms with Crippen molar-refractivity contribution >= 4 is 0 Å². The van der Waals surface area contributed by atoms with E-state index in [1.165, 1.54) is 44.1 Å². The third kappa shape index (κ3) is 5.35. The summed E-state index contributed by atoms with van der Waals surface area (Å²) >= 11 is 0. The van der Waals surface area contributed by atoms with Gasteiger partial charge in [-0.3, -0.25) is 0 Å². The second-order valence-corrected chi connectivity index (χ2v) is 10.1. The van der Waals surface area contributed by atoms with Crippen LogP contribution in [-0.4, -0.2) is 21.9 Å². The van der Waals surface area contributed by atoms with Gasteiger partial charge in [0, 0.05) is 0 Å². The molecule has 2 nitrogen and oxygen atoms in total. The molecule has 27 heavy (non-hydrogen) atoms. The summed E-state index contributed by atoms with van der Waals surface area (Å²) < 4.78 is 0. The molecule has 3 rings (SSSR count). The first-order chi connectivity index (χ1) is 12.8. The number of unbranched alkanes of at least 4 members (excludes halogenated alkanes) is 1. The van der Waals surface area contributed by atoms with Gasteiger partial charge >= 0.3 is 0 Å². The lowest BCUT2D eigenvalue weighted by atomic mass is 9.63. The van der Waals surface area contributed by atoms with Crippen LogP contribution in [0.25, 0.3) is 0 Å². The third-order valence-electron chi connectivity index (χ3n) is 7.26. The molecule has 2 saturated carbocycles. The number of allylic oxidation sites excluding steroid dienone is 5. The van der Waals surface area contributed by atoms with Crippen LogP contribution in [0.15, 0.2) is 34.9 Å². The van der Waals surface area contributed by atoms with E-state index in [1.54, 1.807) is 11.1 Å². The maximum atomic E-state index is 9.92. The molecule has 0 aliphatic heterocycles. The summed E-state index contributed by atoms with van der Waals surface area (Å²) in [7, 11) is 0. The minimum atomic E-state index is -0.530. The smallest absolute Gasteiger partial charge is 0.0591 e. The van der Waals surface area contributed by atoms with Gasteiger partial charge in [0.1, 0.15) is 0 Å². The van der Waals surface area contributed by atoms with E-state index in [1.807, 2.05) is 13.8 Å². The maximum Gasteiger partial charge on any atom is 0.0591 e. The van der Waals surface area contributed by atoms with Crippen molar-refractivity contribution in [1.82, 2.24) is 0 Å². The van der Waals surface area contributed by atoms with Crippen LogP contribution in [0.2, 0.25) is 0 Å². The molecule has 2 N–H and O–H groups in total. The second-order valence-electron chi connectivity index (χ2n) is 10.1. The Bertz CT molecular complexity index is 604. The Balaban J connectivity index is 1.61. The standard InChI is InChI=1S/C25H40O2/c1-24(2,27)16-5-4-10-21-14-15-23-20(9-7-17-25(21,23)3)13-12-19-8-6-11-22(26)18-19/h12-14,22-23,26-27H,4-11,15-18H2,1-3H3/b19-12-,20-13+/t22-,23?,25+/m0/s1. The van der Waals surface area contributed by atoms with E-state index in [4.69, 9.17) is 0 Å². The van der Waals surface area contributed by atoms with Gasteiger partial charge in [0.2, 0.25) is 0 Å². The van der Waals surface area contributed by atoms with Crippen molar-refractivity contribution in [3.8, 4) is 0 Å². The summed E-state index contributed by atoms with van der Waals surface area (Å²) in [6.07, 6.45) is 20.8. The summed E-state index contributed by atoms with van der Waals surface area (Å²) in [6, 6.07) is 0. The zero-order valence-electron chi connectivity index (χ0n) is 17.8. The monoisotopic (exact) mass is 372 g/mol. The van der Waals surface area contributed by atoms with E-state index >= 15 is 0 Å². The maximum absolute atomic E-state index is 9.92. The van der Waals surface area contributed by atoms with Gasteiger partial charge in [0.25, 0.3) is 0 Å². The lowest BCUT2D eigenvalue weighted by Crippen LogP contribution is -2.30. The molecule has 3 aliphatic rings. The Morgan fingerprint density at radius 2 is 2.00 bits per heavy atom. The number of hydrogen-bond donors (Lipinski definition) is 2. The molecular weight excluding hydrogens is 332 g/mol. The fourth-order valence-electron chi connectivity index (χ4n) is 5.61. The summed E-state index contributed by atoms with van der Waals surface area (Å²) in [6.45, 7) is 6.32. The zero-order chi connectivity index (χ0) is 19.5. The minimum absolute atomic E-state index is 0.122. The van der Waals surface area contributed by atoms with Crippen molar-refractivity contribution < 1.29 is 10.2 Å². The van der Waals surface area contributed by atoms with Crippen LogP contribution in [0.5, 0.6) is 0 Å². The zero-order valence-corrected chi connectivity index (χ0v) is 17.8. The Labute approximate surface area is 166 Å². The highest BCUT2D eigenvalue weighted by Crippen LogP contribution is 2.55. The van der Waals surface area contributed by atoms with Crippen LogP contribution in [-0.2, 0) is 0 Å². The summed E-state index contributed by atoms with van der Waals surface area (Å²) in [4.78, 5) is 0. The topological polar surface area (TPSA) is 40.5 Å². The van der Waals surface area contributed by atoms with E-state index < -0.39 is 5.60 Å². The summed E-state index contributed by atoms with van der Waals surface area (Å²) in [5.41, 5.74) is 4.57. The van der Waals surface area contributed by atoms with Gasteiger partial charge in [-0.1, -0.05) is 48.3 Å². The van der Waals surface area contributed by atoms with Gasteiger partial charge in [-0.15, -0.1) is 0 Å². The molecule has 0 saturated heterocycles. The molecule has 0 heterocycles. The van der Waals surface area contributed by atoms with E-state index in [2.05, 4.69) is 25.2 Å². The molecule has 0 aromatic carbocycles. The molecule has 0 aromatic rings. The van der Waals surface area contributed by atoms with Gasteiger partial charge < -0.3 is 10.2 Å². The van der Waals surface area contributed by atoms with E-state index in [-0.39, 0.29) is 6.10 Å². The third-order valence-corrected chi connectivity index (χ3v) is 7.26. The van der Waals surface area contributed by atoms with E-state index in [9.17, 15) is 10.2 Å². The van der Waals surface area contributed by atoms with Crippen molar-refractivity contribution in [2.24, 2.45) is 11.3 Å². The molecular formula is C25H40O2. The Morgan fingerprint density at radius 3 is 2.74 bits per heavy atom. The number of hydrogen-bond acceptors (Lipinski definition) is 2. The lowest BCUT2D eigenvalue weighted by Gasteiger charge is -2.41. The summed E-state index contributed by atoms with van der Waals surface area (Å²) in [5, 5.41) is 19.8. The van der Waals surface area contributed by atoms with Crippen LogP contribution in [0, 0.1) is 11.3 Å². The Kier molecular flexibility index (Phi) is 6.69. The van der Waals surface area contributed by atoms with Crippen LogP contribution in [0.1, 0.15) is 97.8 Å². The van der Waals surface area contributed by atoms with Crippen molar-refractivity contribution in [1.29, 1.82) is 0 Å². The highest BCUT2D eigenvalue weighted by molar-refractivity contribution is 5.33. The van der Waals surface area contributed by atoms with Gasteiger partial charge in [0.05, 0.1) is 11.7 Å². The van der Waals surface area contributed by atoms with Crippen LogP contribution >= 0.6 is 0 Å². The fourth-order valence-corrected chi connectivity index (χ4v) is 5.61. The van der Waals surface area contributed by atoms with Crippen LogP contribution in [0.4, 0.5) is 0 Å². The predicted molar refractivity (Wildman–Crippen MR) is 114 cm³/mol. The second kappa shape index (κ2) is 8.66. The first-order valence-electron chi connectivity index (χ1n) is 11.3.